The molecule has 8 heteroatoms. The summed E-state index contributed by atoms with van der Waals surface area (Å²) >= 11 is 6.04. The van der Waals surface area contributed by atoms with Crippen LogP contribution in [0, 0.1) is 0 Å². The molecule has 5 nitrogen and oxygen atoms in total. The number of benzene rings is 2. The zero-order valence-electron chi connectivity index (χ0n) is 16.0. The lowest BCUT2D eigenvalue weighted by Gasteiger charge is -2.30. The molecule has 0 fully saturated rings. The maximum Gasteiger partial charge on any atom is 0.310 e. The van der Waals surface area contributed by atoms with E-state index in [0.29, 0.717) is 13.2 Å². The Morgan fingerprint density at radius 1 is 0.862 bits per heavy atom. The Morgan fingerprint density at radius 3 is 2.07 bits per heavy atom. The van der Waals surface area contributed by atoms with E-state index in [1.165, 1.54) is 0 Å². The summed E-state index contributed by atoms with van der Waals surface area (Å²) in [5.74, 6) is -0.400. The number of nitrogens with zero attached hydrogens (tertiary/aromatic N) is 1. The molecule has 0 aromatic heterocycles. The van der Waals surface area contributed by atoms with Crippen LogP contribution < -0.4 is 4.90 Å². The van der Waals surface area contributed by atoms with E-state index in [2.05, 4.69) is 56.1 Å². The van der Waals surface area contributed by atoms with E-state index in [0.717, 1.165) is 41.1 Å². The predicted molar refractivity (Wildman–Crippen MR) is 132 cm³/mol. The highest BCUT2D eigenvalue weighted by Gasteiger charge is 2.22. The minimum absolute atomic E-state index is 0.199. The van der Waals surface area contributed by atoms with Gasteiger partial charge in [-0.05, 0) is 35.4 Å². The van der Waals surface area contributed by atoms with Crippen molar-refractivity contribution in [2.45, 2.75) is 22.6 Å². The molecule has 29 heavy (non-hydrogen) atoms. The van der Waals surface area contributed by atoms with Gasteiger partial charge in [0.15, 0.2) is 0 Å². The molecular weight excluding hydrogens is 616 g/mol. The zero-order chi connectivity index (χ0) is 20.8. The highest BCUT2D eigenvalue weighted by Crippen LogP contribution is 2.48. The molecule has 154 valence electrons. The molecule has 0 aliphatic carbocycles. The summed E-state index contributed by atoms with van der Waals surface area (Å²) in [7, 11) is 2.02. The average molecular weight is 637 g/mol. The molecule has 3 rings (SSSR count). The van der Waals surface area contributed by atoms with Gasteiger partial charge in [-0.2, -0.15) is 0 Å². The van der Waals surface area contributed by atoms with Crippen molar-refractivity contribution in [2.75, 3.05) is 34.0 Å². The topological polar surface area (TPSA) is 55.8 Å². The lowest BCUT2D eigenvalue weighted by molar-refractivity contribution is -0.143. The van der Waals surface area contributed by atoms with Crippen LogP contribution in [-0.2, 0) is 31.9 Å². The van der Waals surface area contributed by atoms with E-state index in [1.54, 1.807) is 11.8 Å². The number of carbonyl (C=O) groups is 2. The summed E-state index contributed by atoms with van der Waals surface area (Å²) in [6, 6.07) is 12.1. The van der Waals surface area contributed by atoms with Gasteiger partial charge in [-0.15, -0.1) is 0 Å². The summed E-state index contributed by atoms with van der Waals surface area (Å²) in [5.41, 5.74) is 4.03. The van der Waals surface area contributed by atoms with Gasteiger partial charge in [-0.1, -0.05) is 69.1 Å². The molecule has 0 saturated carbocycles. The van der Waals surface area contributed by atoms with Gasteiger partial charge in [0.05, 0.1) is 24.2 Å². The standard InChI is InChI=1S/C21H21I2NO4S/c1-24-16-4-2-15(13-21(26)28-9-7-23)11-19(16)29-18-5-3-14(10-17(18)24)12-20(25)27-8-6-22/h2-5,10-11H,6-9,12-13H2,1H3. The minimum Gasteiger partial charge on any atom is -0.465 e. The Labute approximate surface area is 202 Å². The van der Waals surface area contributed by atoms with E-state index in [1.807, 2.05) is 37.4 Å². The van der Waals surface area contributed by atoms with Crippen molar-refractivity contribution in [2.24, 2.45) is 0 Å². The lowest BCUT2D eigenvalue weighted by atomic mass is 10.1. The second-order valence-corrected chi connectivity index (χ2v) is 9.68. The highest BCUT2D eigenvalue weighted by molar-refractivity contribution is 14.1. The minimum atomic E-state index is -0.202. The van der Waals surface area contributed by atoms with E-state index >= 15 is 0 Å². The molecule has 2 aromatic rings. The van der Waals surface area contributed by atoms with Crippen LogP contribution in [0.5, 0.6) is 0 Å². The van der Waals surface area contributed by atoms with Crippen molar-refractivity contribution in [3.63, 3.8) is 0 Å². The number of halogens is 2. The van der Waals surface area contributed by atoms with Gasteiger partial charge in [0.1, 0.15) is 13.2 Å². The smallest absolute Gasteiger partial charge is 0.310 e. The molecular formula is C21H21I2NO4S. The highest BCUT2D eigenvalue weighted by atomic mass is 127. The van der Waals surface area contributed by atoms with Crippen LogP contribution in [0.1, 0.15) is 11.1 Å². The number of anilines is 2. The van der Waals surface area contributed by atoms with Crippen LogP contribution in [0.2, 0.25) is 0 Å². The zero-order valence-corrected chi connectivity index (χ0v) is 21.1. The molecule has 0 N–H and O–H groups in total. The number of hydrogen-bond acceptors (Lipinski definition) is 6. The molecule has 0 amide bonds. The van der Waals surface area contributed by atoms with Crippen LogP contribution >= 0.6 is 56.9 Å². The Bertz CT molecular complexity index is 906. The molecule has 0 bridgehead atoms. The first kappa shape index (κ1) is 22.7. The van der Waals surface area contributed by atoms with Crippen molar-refractivity contribution < 1.29 is 19.1 Å². The number of esters is 2. The molecule has 1 aliphatic rings. The molecule has 0 spiro atoms. The third-order valence-electron chi connectivity index (χ3n) is 4.37. The Hall–Kier alpha value is -1.01. The SMILES string of the molecule is CN1c2ccc(CC(=O)OCCI)cc2Sc2ccc(CC(=O)OCCI)cc21. The van der Waals surface area contributed by atoms with E-state index in [9.17, 15) is 9.59 Å². The average Bonchev–Trinajstić information content (AvgIpc) is 2.71. The quantitative estimate of drug-likeness (QED) is 0.232. The molecule has 0 unspecified atom stereocenters. The Balaban J connectivity index is 1.74. The molecule has 1 heterocycles. The van der Waals surface area contributed by atoms with Crippen molar-refractivity contribution in [3.05, 3.63) is 47.5 Å². The fourth-order valence-corrected chi connectivity index (χ4v) is 4.67. The molecule has 0 radical (unpaired) electrons. The van der Waals surface area contributed by atoms with Gasteiger partial charge < -0.3 is 14.4 Å². The maximum atomic E-state index is 11.9. The fourth-order valence-electron chi connectivity index (χ4n) is 3.04. The van der Waals surface area contributed by atoms with E-state index in [-0.39, 0.29) is 24.8 Å². The number of carbonyl (C=O) groups excluding carboxylic acids is 2. The van der Waals surface area contributed by atoms with Crippen LogP contribution in [0.4, 0.5) is 11.4 Å². The molecule has 1 aliphatic heterocycles. The van der Waals surface area contributed by atoms with Gasteiger partial charge in [-0.25, -0.2) is 0 Å². The van der Waals surface area contributed by atoms with Gasteiger partial charge in [0.2, 0.25) is 0 Å². The lowest BCUT2D eigenvalue weighted by Crippen LogP contribution is -2.16. The number of fused-ring (bicyclic) bond motifs is 2. The third-order valence-corrected chi connectivity index (χ3v) is 6.36. The summed E-state index contributed by atoms with van der Waals surface area (Å²) < 4.78 is 12.0. The first-order valence-electron chi connectivity index (χ1n) is 9.12. The van der Waals surface area contributed by atoms with Crippen molar-refractivity contribution >= 4 is 80.3 Å². The first-order valence-corrected chi connectivity index (χ1v) is 13.0. The van der Waals surface area contributed by atoms with Crippen molar-refractivity contribution in [1.82, 2.24) is 0 Å². The van der Waals surface area contributed by atoms with Crippen LogP contribution in [0.3, 0.4) is 0 Å². The summed E-state index contributed by atoms with van der Waals surface area (Å²) in [6.07, 6.45) is 0.548. The van der Waals surface area contributed by atoms with Crippen LogP contribution in [0.15, 0.2) is 46.2 Å². The molecule has 0 atom stereocenters. The normalized spacial score (nSPS) is 12.2. The van der Waals surface area contributed by atoms with Gasteiger partial charge in [-0.3, -0.25) is 9.59 Å². The Kier molecular flexibility index (Phi) is 8.48. The van der Waals surface area contributed by atoms with E-state index < -0.39 is 0 Å². The maximum absolute atomic E-state index is 11.9. The Morgan fingerprint density at radius 2 is 1.45 bits per heavy atom. The van der Waals surface area contributed by atoms with Gasteiger partial charge in [0.25, 0.3) is 0 Å². The third kappa shape index (κ3) is 6.00. The largest absolute Gasteiger partial charge is 0.465 e. The summed E-state index contributed by atoms with van der Waals surface area (Å²) in [6.45, 7) is 0.893. The molecule has 0 saturated heterocycles. The molecule has 2 aromatic carbocycles. The number of ether oxygens (including phenoxy) is 2. The second-order valence-electron chi connectivity index (χ2n) is 6.44. The second kappa shape index (κ2) is 10.9. The van der Waals surface area contributed by atoms with Gasteiger partial charge >= 0.3 is 11.9 Å². The number of hydrogen-bond donors (Lipinski definition) is 0. The fraction of sp³-hybridized carbons (Fsp3) is 0.333. The monoisotopic (exact) mass is 637 g/mol. The van der Waals surface area contributed by atoms with Crippen molar-refractivity contribution in [3.8, 4) is 0 Å². The van der Waals surface area contributed by atoms with E-state index in [4.69, 9.17) is 9.47 Å². The number of alkyl halides is 2. The van der Waals surface area contributed by atoms with Gasteiger partial charge in [0, 0.05) is 25.7 Å². The summed E-state index contributed by atoms with van der Waals surface area (Å²) in [4.78, 5) is 28.2. The first-order chi connectivity index (χ1) is 14.0. The summed E-state index contributed by atoms with van der Waals surface area (Å²) in [5, 5.41) is 0. The number of rotatable bonds is 8. The predicted octanol–water partition coefficient (Wildman–Crippen LogP) is 4.96. The van der Waals surface area contributed by atoms with Crippen LogP contribution in [-0.4, -0.2) is 41.1 Å². The van der Waals surface area contributed by atoms with Crippen LogP contribution in [0.25, 0.3) is 0 Å². The van der Waals surface area contributed by atoms with Crippen molar-refractivity contribution in [1.29, 1.82) is 0 Å².